The highest BCUT2D eigenvalue weighted by Gasteiger charge is 2.39. The molecule has 84 valence electrons. The normalized spacial score (nSPS) is 31.8. The summed E-state index contributed by atoms with van der Waals surface area (Å²) in [5.74, 6) is 0.684. The third-order valence-electron chi connectivity index (χ3n) is 3.90. The van der Waals surface area contributed by atoms with Crippen molar-refractivity contribution in [3.8, 4) is 0 Å². The van der Waals surface area contributed by atoms with Crippen molar-refractivity contribution in [2.24, 2.45) is 11.7 Å². The van der Waals surface area contributed by atoms with E-state index >= 15 is 0 Å². The zero-order valence-corrected chi connectivity index (χ0v) is 10.6. The summed E-state index contributed by atoms with van der Waals surface area (Å²) < 4.78 is 0. The van der Waals surface area contributed by atoms with E-state index in [1.807, 2.05) is 11.3 Å². The van der Waals surface area contributed by atoms with Gasteiger partial charge in [0, 0.05) is 4.88 Å². The second-order valence-electron chi connectivity index (χ2n) is 4.82. The molecule has 1 nitrogen and oxygen atoms in total. The Balaban J connectivity index is 2.34. The van der Waals surface area contributed by atoms with E-state index in [9.17, 15) is 0 Å². The van der Waals surface area contributed by atoms with E-state index in [1.165, 1.54) is 42.5 Å². The number of aryl methyl sites for hydroxylation is 1. The number of hydrogen-bond acceptors (Lipinski definition) is 2. The zero-order valence-electron chi connectivity index (χ0n) is 9.75. The molecule has 2 rings (SSSR count). The SMILES string of the molecule is CCC1CCCCC1(N)c1sccc1C. The van der Waals surface area contributed by atoms with Crippen LogP contribution < -0.4 is 5.73 Å². The molecule has 1 aliphatic rings. The molecule has 2 heteroatoms. The molecule has 1 saturated carbocycles. The number of nitrogens with two attached hydrogens (primary N) is 1. The van der Waals surface area contributed by atoms with E-state index in [2.05, 4.69) is 25.3 Å². The molecule has 1 aliphatic carbocycles. The van der Waals surface area contributed by atoms with Crippen molar-refractivity contribution in [1.82, 2.24) is 0 Å². The Kier molecular flexibility index (Phi) is 3.17. The first-order valence-electron chi connectivity index (χ1n) is 6.02. The van der Waals surface area contributed by atoms with Gasteiger partial charge in [0.25, 0.3) is 0 Å². The van der Waals surface area contributed by atoms with Gasteiger partial charge in [0.15, 0.2) is 0 Å². The fourth-order valence-electron chi connectivity index (χ4n) is 2.99. The average Bonchev–Trinajstić information content (AvgIpc) is 2.66. The molecule has 0 saturated heterocycles. The highest BCUT2D eigenvalue weighted by atomic mass is 32.1. The van der Waals surface area contributed by atoms with E-state index in [4.69, 9.17) is 5.73 Å². The maximum Gasteiger partial charge on any atom is 0.0534 e. The Morgan fingerprint density at radius 1 is 1.53 bits per heavy atom. The molecule has 0 radical (unpaired) electrons. The molecule has 15 heavy (non-hydrogen) atoms. The van der Waals surface area contributed by atoms with Crippen LogP contribution >= 0.6 is 11.3 Å². The molecule has 0 aliphatic heterocycles. The van der Waals surface area contributed by atoms with Crippen molar-refractivity contribution < 1.29 is 0 Å². The van der Waals surface area contributed by atoms with Crippen molar-refractivity contribution in [2.75, 3.05) is 0 Å². The van der Waals surface area contributed by atoms with E-state index < -0.39 is 0 Å². The van der Waals surface area contributed by atoms with Gasteiger partial charge in [0.2, 0.25) is 0 Å². The van der Waals surface area contributed by atoms with Crippen LogP contribution in [0.1, 0.15) is 49.5 Å². The summed E-state index contributed by atoms with van der Waals surface area (Å²) in [7, 11) is 0. The smallest absolute Gasteiger partial charge is 0.0534 e. The van der Waals surface area contributed by atoms with E-state index in [0.717, 1.165) is 0 Å². The molecule has 2 N–H and O–H groups in total. The molecule has 2 unspecified atom stereocenters. The van der Waals surface area contributed by atoms with Crippen molar-refractivity contribution in [1.29, 1.82) is 0 Å². The van der Waals surface area contributed by atoms with E-state index in [1.54, 1.807) is 0 Å². The summed E-state index contributed by atoms with van der Waals surface area (Å²) in [5, 5.41) is 2.18. The van der Waals surface area contributed by atoms with Crippen molar-refractivity contribution in [3.05, 3.63) is 21.9 Å². The van der Waals surface area contributed by atoms with Gasteiger partial charge in [-0.3, -0.25) is 0 Å². The van der Waals surface area contributed by atoms with Crippen LogP contribution in [0, 0.1) is 12.8 Å². The minimum Gasteiger partial charge on any atom is -0.320 e. The van der Waals surface area contributed by atoms with Gasteiger partial charge in [-0.2, -0.15) is 0 Å². The van der Waals surface area contributed by atoms with Gasteiger partial charge in [0.05, 0.1) is 5.54 Å². The van der Waals surface area contributed by atoms with Crippen LogP contribution in [0.3, 0.4) is 0 Å². The molecule has 1 aromatic rings. The molecule has 1 aromatic heterocycles. The van der Waals surface area contributed by atoms with Gasteiger partial charge < -0.3 is 5.73 Å². The van der Waals surface area contributed by atoms with Crippen molar-refractivity contribution in [2.45, 2.75) is 51.5 Å². The summed E-state index contributed by atoms with van der Waals surface area (Å²) in [6, 6.07) is 2.20. The summed E-state index contributed by atoms with van der Waals surface area (Å²) in [5.41, 5.74) is 8.06. The van der Waals surface area contributed by atoms with Crippen LogP contribution in [-0.4, -0.2) is 0 Å². The third kappa shape index (κ3) is 1.85. The highest BCUT2D eigenvalue weighted by Crippen LogP contribution is 2.44. The first-order valence-corrected chi connectivity index (χ1v) is 6.90. The number of hydrogen-bond donors (Lipinski definition) is 1. The quantitative estimate of drug-likeness (QED) is 0.810. The lowest BCUT2D eigenvalue weighted by Crippen LogP contribution is -2.45. The van der Waals surface area contributed by atoms with Crippen molar-refractivity contribution in [3.63, 3.8) is 0 Å². The largest absolute Gasteiger partial charge is 0.320 e. The minimum atomic E-state index is -0.0226. The summed E-state index contributed by atoms with van der Waals surface area (Å²) in [4.78, 5) is 1.44. The average molecular weight is 223 g/mol. The standard InChI is InChI=1S/C13H21NS/c1-3-11-6-4-5-8-13(11,14)12-10(2)7-9-15-12/h7,9,11H,3-6,8,14H2,1-2H3. The van der Waals surface area contributed by atoms with Gasteiger partial charge in [0.1, 0.15) is 0 Å². The topological polar surface area (TPSA) is 26.0 Å². The summed E-state index contributed by atoms with van der Waals surface area (Å²) >= 11 is 1.85. The lowest BCUT2D eigenvalue weighted by molar-refractivity contribution is 0.187. The molecule has 0 spiro atoms. The summed E-state index contributed by atoms with van der Waals surface area (Å²) in [6.07, 6.45) is 6.36. The number of rotatable bonds is 2. The maximum absolute atomic E-state index is 6.69. The van der Waals surface area contributed by atoms with E-state index in [0.29, 0.717) is 5.92 Å². The van der Waals surface area contributed by atoms with Gasteiger partial charge in [-0.1, -0.05) is 26.2 Å². The number of thiophene rings is 1. The lowest BCUT2D eigenvalue weighted by atomic mass is 9.70. The predicted molar refractivity (Wildman–Crippen MR) is 67.2 cm³/mol. The first kappa shape index (κ1) is 11.2. The molecular formula is C13H21NS. The van der Waals surface area contributed by atoms with Crippen LogP contribution in [-0.2, 0) is 5.54 Å². The Hall–Kier alpha value is -0.340. The molecule has 1 fully saturated rings. The molecule has 0 aromatic carbocycles. The molecule has 0 amide bonds. The van der Waals surface area contributed by atoms with Gasteiger partial charge >= 0.3 is 0 Å². The van der Waals surface area contributed by atoms with Crippen LogP contribution in [0.15, 0.2) is 11.4 Å². The van der Waals surface area contributed by atoms with Crippen LogP contribution in [0.25, 0.3) is 0 Å². The fourth-order valence-corrected chi connectivity index (χ4v) is 4.14. The van der Waals surface area contributed by atoms with Crippen LogP contribution in [0.4, 0.5) is 0 Å². The molecular weight excluding hydrogens is 202 g/mol. The second kappa shape index (κ2) is 4.26. The third-order valence-corrected chi connectivity index (χ3v) is 5.11. The zero-order chi connectivity index (χ0) is 10.9. The fraction of sp³-hybridized carbons (Fsp3) is 0.692. The molecule has 2 atom stereocenters. The minimum absolute atomic E-state index is 0.0226. The van der Waals surface area contributed by atoms with E-state index in [-0.39, 0.29) is 5.54 Å². The maximum atomic E-state index is 6.69. The van der Waals surface area contributed by atoms with Gasteiger partial charge in [-0.25, -0.2) is 0 Å². The summed E-state index contributed by atoms with van der Waals surface area (Å²) in [6.45, 7) is 4.47. The van der Waals surface area contributed by atoms with Crippen LogP contribution in [0.2, 0.25) is 0 Å². The molecule has 1 heterocycles. The second-order valence-corrected chi connectivity index (χ2v) is 5.74. The Labute approximate surface area is 96.7 Å². The Morgan fingerprint density at radius 2 is 2.33 bits per heavy atom. The van der Waals surface area contributed by atoms with Gasteiger partial charge in [-0.15, -0.1) is 11.3 Å². The predicted octanol–water partition coefficient (Wildman–Crippen LogP) is 3.81. The van der Waals surface area contributed by atoms with Crippen molar-refractivity contribution >= 4 is 11.3 Å². The highest BCUT2D eigenvalue weighted by molar-refractivity contribution is 7.10. The van der Waals surface area contributed by atoms with Gasteiger partial charge in [-0.05, 0) is 42.7 Å². The Morgan fingerprint density at radius 3 is 2.93 bits per heavy atom. The van der Waals surface area contributed by atoms with Crippen LogP contribution in [0.5, 0.6) is 0 Å². The monoisotopic (exact) mass is 223 g/mol. The Bertz CT molecular complexity index is 331. The first-order chi connectivity index (χ1) is 7.18. The molecule has 0 bridgehead atoms. The lowest BCUT2D eigenvalue weighted by Gasteiger charge is -2.41.